The average molecular weight is 340 g/mol. The summed E-state index contributed by atoms with van der Waals surface area (Å²) >= 11 is 14.7. The Kier molecular flexibility index (Phi) is 5.43. The summed E-state index contributed by atoms with van der Waals surface area (Å²) in [5, 5.41) is 9.20. The molecular weight excluding hydrogens is 331 g/mol. The smallest absolute Gasteiger partial charge is 0.303 e. The van der Waals surface area contributed by atoms with Gasteiger partial charge in [-0.05, 0) is 24.6 Å². The zero-order chi connectivity index (χ0) is 13.0. The molecule has 1 rings (SSSR count). The molecule has 0 aliphatic carbocycles. The molecule has 1 aromatic rings. The van der Waals surface area contributed by atoms with Crippen LogP contribution in [0.1, 0.15) is 23.2 Å². The molecule has 6 heteroatoms. The lowest BCUT2D eigenvalue weighted by Gasteiger charge is -2.08. The number of alkyl halides is 1. The van der Waals surface area contributed by atoms with Crippen molar-refractivity contribution in [1.82, 2.24) is 0 Å². The number of Topliss-reactive ketones (excluding diaryl/α,β-unsaturated/α-hetero) is 1. The SMILES string of the molecule is O=C(O)CCC(Br)C(=O)c1ccc(Cl)c(Cl)c1. The van der Waals surface area contributed by atoms with Crippen LogP contribution in [0.25, 0.3) is 0 Å². The lowest BCUT2D eigenvalue weighted by Crippen LogP contribution is -2.15. The number of carboxylic acid groups (broad SMARTS) is 1. The Morgan fingerprint density at radius 1 is 1.29 bits per heavy atom. The summed E-state index contributed by atoms with van der Waals surface area (Å²) in [4.78, 5) is 21.7. The van der Waals surface area contributed by atoms with Crippen molar-refractivity contribution >= 4 is 50.9 Å². The zero-order valence-corrected chi connectivity index (χ0v) is 11.7. The maximum absolute atomic E-state index is 11.9. The molecule has 0 heterocycles. The molecule has 17 heavy (non-hydrogen) atoms. The van der Waals surface area contributed by atoms with Crippen molar-refractivity contribution in [3.05, 3.63) is 33.8 Å². The van der Waals surface area contributed by atoms with Gasteiger partial charge < -0.3 is 5.11 Å². The molecule has 0 saturated heterocycles. The molecule has 0 amide bonds. The van der Waals surface area contributed by atoms with E-state index in [0.29, 0.717) is 15.6 Å². The molecule has 92 valence electrons. The van der Waals surface area contributed by atoms with Gasteiger partial charge in [0.05, 0.1) is 14.9 Å². The Hall–Kier alpha value is -0.580. The van der Waals surface area contributed by atoms with Gasteiger partial charge in [0.15, 0.2) is 5.78 Å². The number of ketones is 1. The first-order valence-corrected chi connectivity index (χ1v) is 6.44. The number of carbonyl (C=O) groups excluding carboxylic acids is 1. The third kappa shape index (κ3) is 4.30. The predicted octanol–water partition coefficient (Wildman–Crippen LogP) is 3.80. The first-order valence-electron chi connectivity index (χ1n) is 4.77. The van der Waals surface area contributed by atoms with E-state index in [1.54, 1.807) is 6.07 Å². The summed E-state index contributed by atoms with van der Waals surface area (Å²) in [6.07, 6.45) is 0.164. The zero-order valence-electron chi connectivity index (χ0n) is 8.62. The summed E-state index contributed by atoms with van der Waals surface area (Å²) in [6, 6.07) is 4.57. The number of halogens is 3. The van der Waals surface area contributed by atoms with Crippen molar-refractivity contribution in [3.8, 4) is 0 Å². The first kappa shape index (κ1) is 14.5. The highest BCUT2D eigenvalue weighted by Crippen LogP contribution is 2.24. The predicted molar refractivity (Wildman–Crippen MR) is 70.4 cm³/mol. The van der Waals surface area contributed by atoms with Crippen LogP contribution in [0.4, 0.5) is 0 Å². The quantitative estimate of drug-likeness (QED) is 0.655. The van der Waals surface area contributed by atoms with E-state index < -0.39 is 10.8 Å². The van der Waals surface area contributed by atoms with Crippen LogP contribution in [0, 0.1) is 0 Å². The lowest BCUT2D eigenvalue weighted by atomic mass is 10.1. The van der Waals surface area contributed by atoms with Gasteiger partial charge in [0.1, 0.15) is 0 Å². The van der Waals surface area contributed by atoms with E-state index in [-0.39, 0.29) is 18.6 Å². The van der Waals surface area contributed by atoms with E-state index in [2.05, 4.69) is 15.9 Å². The van der Waals surface area contributed by atoms with Gasteiger partial charge >= 0.3 is 5.97 Å². The van der Waals surface area contributed by atoms with Crippen LogP contribution in [0.5, 0.6) is 0 Å². The fraction of sp³-hybridized carbons (Fsp3) is 0.273. The second-order valence-corrected chi connectivity index (χ2v) is 5.31. The molecule has 3 nitrogen and oxygen atoms in total. The second kappa shape index (κ2) is 6.38. The Labute approximate surface area is 117 Å². The molecule has 0 spiro atoms. The fourth-order valence-corrected chi connectivity index (χ4v) is 2.00. The third-order valence-electron chi connectivity index (χ3n) is 2.10. The highest BCUT2D eigenvalue weighted by Gasteiger charge is 2.18. The number of benzene rings is 1. The summed E-state index contributed by atoms with van der Waals surface area (Å²) < 4.78 is 0. The first-order chi connectivity index (χ1) is 7.91. The Bertz CT molecular complexity index is 448. The summed E-state index contributed by atoms with van der Waals surface area (Å²) in [7, 11) is 0. The maximum atomic E-state index is 11.9. The summed E-state index contributed by atoms with van der Waals surface area (Å²) in [6.45, 7) is 0. The highest BCUT2D eigenvalue weighted by atomic mass is 79.9. The monoisotopic (exact) mass is 338 g/mol. The Balaban J connectivity index is 2.74. The van der Waals surface area contributed by atoms with Gasteiger partial charge in [0.2, 0.25) is 0 Å². The van der Waals surface area contributed by atoms with E-state index >= 15 is 0 Å². The van der Waals surface area contributed by atoms with Crippen LogP contribution in [-0.2, 0) is 4.79 Å². The molecule has 1 unspecified atom stereocenters. The van der Waals surface area contributed by atoms with Gasteiger partial charge in [-0.1, -0.05) is 39.1 Å². The Morgan fingerprint density at radius 3 is 2.47 bits per heavy atom. The second-order valence-electron chi connectivity index (χ2n) is 3.39. The third-order valence-corrected chi connectivity index (χ3v) is 3.71. The molecule has 0 bridgehead atoms. The molecular formula is C11H9BrCl2O3. The molecule has 1 atom stereocenters. The number of hydrogen-bond acceptors (Lipinski definition) is 2. The van der Waals surface area contributed by atoms with Crippen molar-refractivity contribution in [2.24, 2.45) is 0 Å². The minimum atomic E-state index is -0.934. The number of carboxylic acids is 1. The van der Waals surface area contributed by atoms with Crippen molar-refractivity contribution < 1.29 is 14.7 Å². The molecule has 0 aliphatic heterocycles. The molecule has 1 aromatic carbocycles. The highest BCUT2D eigenvalue weighted by molar-refractivity contribution is 9.10. The van der Waals surface area contributed by atoms with E-state index in [4.69, 9.17) is 28.3 Å². The van der Waals surface area contributed by atoms with Gasteiger partial charge in [-0.3, -0.25) is 9.59 Å². The number of aliphatic carboxylic acids is 1. The van der Waals surface area contributed by atoms with Crippen molar-refractivity contribution in [1.29, 1.82) is 0 Å². The van der Waals surface area contributed by atoms with Crippen LogP contribution in [0.2, 0.25) is 10.0 Å². The number of hydrogen-bond donors (Lipinski definition) is 1. The number of carbonyl (C=O) groups is 2. The van der Waals surface area contributed by atoms with E-state index in [1.807, 2.05) is 0 Å². The van der Waals surface area contributed by atoms with Crippen LogP contribution in [0.3, 0.4) is 0 Å². The summed E-state index contributed by atoms with van der Waals surface area (Å²) in [5.74, 6) is -1.14. The van der Waals surface area contributed by atoms with Crippen molar-refractivity contribution in [2.75, 3.05) is 0 Å². The van der Waals surface area contributed by atoms with Crippen LogP contribution in [-0.4, -0.2) is 21.7 Å². The van der Waals surface area contributed by atoms with Gasteiger partial charge in [-0.2, -0.15) is 0 Å². The average Bonchev–Trinajstić information content (AvgIpc) is 2.28. The van der Waals surface area contributed by atoms with Crippen molar-refractivity contribution in [2.45, 2.75) is 17.7 Å². The van der Waals surface area contributed by atoms with E-state index in [9.17, 15) is 9.59 Å². The fourth-order valence-electron chi connectivity index (χ4n) is 1.21. The normalized spacial score (nSPS) is 12.2. The molecule has 1 N–H and O–H groups in total. The van der Waals surface area contributed by atoms with Gasteiger partial charge in [0.25, 0.3) is 0 Å². The standard InChI is InChI=1S/C11H9BrCl2O3/c12-7(2-4-10(15)16)11(17)6-1-3-8(13)9(14)5-6/h1,3,5,7H,2,4H2,(H,15,16). The van der Waals surface area contributed by atoms with Crippen LogP contribution < -0.4 is 0 Å². The van der Waals surface area contributed by atoms with Crippen LogP contribution in [0.15, 0.2) is 18.2 Å². The van der Waals surface area contributed by atoms with Crippen molar-refractivity contribution in [3.63, 3.8) is 0 Å². The minimum Gasteiger partial charge on any atom is -0.481 e. The minimum absolute atomic E-state index is 0.0665. The molecule has 0 aromatic heterocycles. The van der Waals surface area contributed by atoms with Gasteiger partial charge in [0, 0.05) is 12.0 Å². The van der Waals surface area contributed by atoms with Crippen LogP contribution >= 0.6 is 39.1 Å². The Morgan fingerprint density at radius 2 is 1.94 bits per heavy atom. The number of rotatable bonds is 5. The summed E-state index contributed by atoms with van der Waals surface area (Å²) in [5.41, 5.74) is 0.409. The van der Waals surface area contributed by atoms with E-state index in [1.165, 1.54) is 12.1 Å². The van der Waals surface area contributed by atoms with Gasteiger partial charge in [-0.15, -0.1) is 0 Å². The maximum Gasteiger partial charge on any atom is 0.303 e. The molecule has 0 saturated carbocycles. The van der Waals surface area contributed by atoms with Gasteiger partial charge in [-0.25, -0.2) is 0 Å². The molecule has 0 radical (unpaired) electrons. The van der Waals surface area contributed by atoms with E-state index in [0.717, 1.165) is 0 Å². The topological polar surface area (TPSA) is 54.4 Å². The molecule has 0 aliphatic rings. The lowest BCUT2D eigenvalue weighted by molar-refractivity contribution is -0.137. The molecule has 0 fully saturated rings. The largest absolute Gasteiger partial charge is 0.481 e.